The average Bonchev–Trinajstić information content (AvgIpc) is 3.17. The van der Waals surface area contributed by atoms with Gasteiger partial charge in [0.2, 0.25) is 0 Å². The minimum Gasteiger partial charge on any atom is -0.490 e. The summed E-state index contributed by atoms with van der Waals surface area (Å²) in [5.41, 5.74) is 1.69. The zero-order valence-corrected chi connectivity index (χ0v) is 33.3. The van der Waals surface area contributed by atoms with Crippen molar-refractivity contribution in [1.29, 1.82) is 0 Å². The van der Waals surface area contributed by atoms with Gasteiger partial charge in [-0.15, -0.1) is 0 Å². The predicted octanol–water partition coefficient (Wildman–Crippen LogP) is 7.31. The summed E-state index contributed by atoms with van der Waals surface area (Å²) in [5.74, 6) is 1.83. The van der Waals surface area contributed by atoms with Gasteiger partial charge in [-0.05, 0) is 84.4 Å². The number of carbonyl (C=O) groups is 2. The molecular weight excluding hydrogens is 716 g/mol. The van der Waals surface area contributed by atoms with Gasteiger partial charge in [-0.3, -0.25) is 19.6 Å². The summed E-state index contributed by atoms with van der Waals surface area (Å²) in [4.78, 5) is 52.2. The molecule has 0 saturated carbocycles. The van der Waals surface area contributed by atoms with Crippen molar-refractivity contribution in [3.8, 4) is 17.2 Å². The first kappa shape index (κ1) is 40.3. The van der Waals surface area contributed by atoms with Gasteiger partial charge in [0.15, 0.2) is 11.6 Å². The van der Waals surface area contributed by atoms with Gasteiger partial charge in [0.25, 0.3) is 5.91 Å². The smallest absolute Gasteiger partial charge is 0.416 e. The van der Waals surface area contributed by atoms with E-state index in [1.165, 1.54) is 24.5 Å². The maximum absolute atomic E-state index is 14.4. The van der Waals surface area contributed by atoms with Crippen LogP contribution in [0, 0.1) is 5.82 Å². The number of nitrogens with zero attached hydrogens (tertiary/aromatic N) is 8. The van der Waals surface area contributed by atoms with Crippen LogP contribution in [0.5, 0.6) is 17.2 Å². The number of benzene rings is 1. The van der Waals surface area contributed by atoms with Crippen LogP contribution < -0.4 is 19.3 Å². The molecule has 5 heterocycles. The van der Waals surface area contributed by atoms with Crippen LogP contribution in [0.25, 0.3) is 0 Å². The van der Waals surface area contributed by atoms with E-state index in [1.807, 2.05) is 72.0 Å². The number of anilines is 2. The molecule has 1 aromatic carbocycles. The van der Waals surface area contributed by atoms with Crippen LogP contribution in [0.1, 0.15) is 82.4 Å². The van der Waals surface area contributed by atoms with E-state index in [-0.39, 0.29) is 29.4 Å². The minimum atomic E-state index is -0.615. The number of halogens is 1. The number of rotatable bonds is 13. The summed E-state index contributed by atoms with van der Waals surface area (Å²) in [7, 11) is 0. The number of hydrogen-bond acceptors (Lipinski definition) is 11. The molecule has 0 atom stereocenters. The Balaban J connectivity index is 1.07. The van der Waals surface area contributed by atoms with Crippen LogP contribution in [-0.2, 0) is 17.7 Å². The number of amides is 2. The first-order chi connectivity index (χ1) is 26.9. The molecule has 0 N–H and O–H groups in total. The van der Waals surface area contributed by atoms with Gasteiger partial charge in [-0.2, -0.15) is 0 Å². The van der Waals surface area contributed by atoms with Crippen LogP contribution in [0.4, 0.5) is 20.8 Å². The molecule has 0 unspecified atom stereocenters. The standard InChI is InChI=1S/C42H53FN8O5/c1-7-50(29(2)3)40(52)32-25-30(43)12-13-35(32)55-37-26-44-28-47-39(37)49-23-15-31(16-24-49)54-36-14-19-45-34-17-22-48(27-33(34)36)20-10-21-51(38-11-8-9-18-46-38)41(53)56-42(4,5)6/h8-9,11-14,18-19,25-26,28-29,31H,7,10,15-17,20-24,27H2,1-6H3. The SMILES string of the molecule is CCN(C(=O)c1cc(F)ccc1Oc1cncnc1N1CCC(Oc2ccnc3c2CN(CCCN(C(=O)OC(C)(C)C)c2ccccn2)CC3)CC1)C(C)C. The van der Waals surface area contributed by atoms with Gasteiger partial charge in [-0.1, -0.05) is 6.07 Å². The zero-order chi connectivity index (χ0) is 39.8. The summed E-state index contributed by atoms with van der Waals surface area (Å²) in [5, 5.41) is 0. The highest BCUT2D eigenvalue weighted by Gasteiger charge is 2.29. The normalized spacial score (nSPS) is 15.0. The third kappa shape index (κ3) is 10.1. The van der Waals surface area contributed by atoms with E-state index in [4.69, 9.17) is 14.2 Å². The lowest BCUT2D eigenvalue weighted by Crippen LogP contribution is -2.40. The zero-order valence-electron chi connectivity index (χ0n) is 33.3. The van der Waals surface area contributed by atoms with E-state index in [0.717, 1.165) is 55.8 Å². The Bertz CT molecular complexity index is 1950. The highest BCUT2D eigenvalue weighted by Crippen LogP contribution is 2.35. The highest BCUT2D eigenvalue weighted by atomic mass is 19.1. The molecule has 3 aromatic heterocycles. The largest absolute Gasteiger partial charge is 0.490 e. The molecule has 1 fully saturated rings. The van der Waals surface area contributed by atoms with Crippen molar-refractivity contribution in [3.05, 3.63) is 90.0 Å². The topological polar surface area (TPSA) is 126 Å². The fraction of sp³-hybridized carbons (Fsp3) is 0.476. The molecule has 0 spiro atoms. The van der Waals surface area contributed by atoms with E-state index in [1.54, 1.807) is 22.2 Å². The summed E-state index contributed by atoms with van der Waals surface area (Å²) in [6.45, 7) is 15.9. The third-order valence-electron chi connectivity index (χ3n) is 9.86. The monoisotopic (exact) mass is 768 g/mol. The lowest BCUT2D eigenvalue weighted by Gasteiger charge is -2.35. The van der Waals surface area contributed by atoms with E-state index in [2.05, 4.69) is 29.7 Å². The Hall–Kier alpha value is -5.37. The molecule has 2 amide bonds. The average molecular weight is 769 g/mol. The van der Waals surface area contributed by atoms with Crippen LogP contribution >= 0.6 is 0 Å². The van der Waals surface area contributed by atoms with Crippen LogP contribution in [0.15, 0.2) is 67.4 Å². The van der Waals surface area contributed by atoms with E-state index >= 15 is 0 Å². The van der Waals surface area contributed by atoms with Crippen molar-refractivity contribution in [3.63, 3.8) is 0 Å². The molecule has 6 rings (SSSR count). The molecular formula is C42H53FN8O5. The Kier molecular flexibility index (Phi) is 13.0. The number of hydrogen-bond donors (Lipinski definition) is 0. The molecule has 0 radical (unpaired) electrons. The van der Waals surface area contributed by atoms with Crippen molar-refractivity contribution >= 4 is 23.6 Å². The van der Waals surface area contributed by atoms with Gasteiger partial charge >= 0.3 is 6.09 Å². The fourth-order valence-corrected chi connectivity index (χ4v) is 7.11. The molecule has 56 heavy (non-hydrogen) atoms. The molecule has 298 valence electrons. The van der Waals surface area contributed by atoms with E-state index < -0.39 is 17.5 Å². The molecule has 4 aromatic rings. The first-order valence-electron chi connectivity index (χ1n) is 19.5. The predicted molar refractivity (Wildman–Crippen MR) is 212 cm³/mol. The van der Waals surface area contributed by atoms with Crippen molar-refractivity contribution in [2.75, 3.05) is 49.1 Å². The van der Waals surface area contributed by atoms with Crippen molar-refractivity contribution in [2.24, 2.45) is 0 Å². The minimum absolute atomic E-state index is 0.0162. The first-order valence-corrected chi connectivity index (χ1v) is 19.5. The van der Waals surface area contributed by atoms with E-state index in [0.29, 0.717) is 50.1 Å². The van der Waals surface area contributed by atoms with Gasteiger partial charge in [0.1, 0.15) is 41.2 Å². The Labute approximate surface area is 328 Å². The fourth-order valence-electron chi connectivity index (χ4n) is 7.11. The Morgan fingerprint density at radius 2 is 1.79 bits per heavy atom. The van der Waals surface area contributed by atoms with Crippen molar-refractivity contribution in [2.45, 2.75) is 91.5 Å². The van der Waals surface area contributed by atoms with Crippen molar-refractivity contribution < 1.29 is 28.2 Å². The number of ether oxygens (including phenoxy) is 3. The Morgan fingerprint density at radius 1 is 0.982 bits per heavy atom. The van der Waals surface area contributed by atoms with Gasteiger partial charge in [0.05, 0.1) is 11.8 Å². The molecule has 13 nitrogen and oxygen atoms in total. The molecule has 0 aliphatic carbocycles. The summed E-state index contributed by atoms with van der Waals surface area (Å²) >= 11 is 0. The number of fused-ring (bicyclic) bond motifs is 1. The lowest BCUT2D eigenvalue weighted by atomic mass is 10.0. The number of aromatic nitrogens is 4. The van der Waals surface area contributed by atoms with Crippen molar-refractivity contribution in [1.82, 2.24) is 29.7 Å². The lowest BCUT2D eigenvalue weighted by molar-refractivity contribution is 0.0576. The van der Waals surface area contributed by atoms with Gasteiger partial charge in [0, 0.05) is 94.8 Å². The van der Waals surface area contributed by atoms with Crippen LogP contribution in [-0.4, -0.2) is 98.8 Å². The molecule has 2 aliphatic heterocycles. The molecule has 14 heteroatoms. The number of carbonyl (C=O) groups excluding carboxylic acids is 2. The van der Waals surface area contributed by atoms with Crippen LogP contribution in [0.2, 0.25) is 0 Å². The quantitative estimate of drug-likeness (QED) is 0.136. The summed E-state index contributed by atoms with van der Waals surface area (Å²) in [6.07, 6.45) is 9.17. The Morgan fingerprint density at radius 3 is 2.50 bits per heavy atom. The molecule has 1 saturated heterocycles. The third-order valence-corrected chi connectivity index (χ3v) is 9.86. The summed E-state index contributed by atoms with van der Waals surface area (Å²) < 4.78 is 33.1. The second-order valence-corrected chi connectivity index (χ2v) is 15.4. The number of pyridine rings is 2. The maximum atomic E-state index is 14.4. The number of piperidine rings is 1. The van der Waals surface area contributed by atoms with Gasteiger partial charge in [-0.25, -0.2) is 24.1 Å². The second kappa shape index (κ2) is 18.1. The van der Waals surface area contributed by atoms with E-state index in [9.17, 15) is 14.0 Å². The second-order valence-electron chi connectivity index (χ2n) is 15.4. The van der Waals surface area contributed by atoms with Crippen LogP contribution in [0.3, 0.4) is 0 Å². The molecule has 2 aliphatic rings. The summed E-state index contributed by atoms with van der Waals surface area (Å²) in [6, 6.07) is 11.4. The van der Waals surface area contributed by atoms with Gasteiger partial charge < -0.3 is 24.0 Å². The maximum Gasteiger partial charge on any atom is 0.416 e. The highest BCUT2D eigenvalue weighted by molar-refractivity contribution is 5.97. The molecule has 0 bridgehead atoms.